The van der Waals surface area contributed by atoms with Crippen molar-refractivity contribution in [2.24, 2.45) is 5.73 Å². The van der Waals surface area contributed by atoms with Gasteiger partial charge in [-0.25, -0.2) is 4.98 Å². The predicted octanol–water partition coefficient (Wildman–Crippen LogP) is 2.47. The van der Waals surface area contributed by atoms with Crippen LogP contribution >= 0.6 is 11.3 Å². The van der Waals surface area contributed by atoms with Crippen LogP contribution in [0.1, 0.15) is 15.4 Å². The third kappa shape index (κ3) is 1.60. The average molecular weight is 257 g/mol. The molecule has 2 heterocycles. The number of rotatable bonds is 2. The molecule has 18 heavy (non-hydrogen) atoms. The van der Waals surface area contributed by atoms with E-state index in [9.17, 15) is 4.79 Å². The molecule has 0 aliphatic rings. The minimum atomic E-state index is -0.459. The van der Waals surface area contributed by atoms with Crippen LogP contribution in [0.2, 0.25) is 0 Å². The van der Waals surface area contributed by atoms with Crippen molar-refractivity contribution in [1.29, 1.82) is 0 Å². The Balaban J connectivity index is 2.32. The molecule has 3 rings (SSSR count). The monoisotopic (exact) mass is 257 g/mol. The summed E-state index contributed by atoms with van der Waals surface area (Å²) in [5, 5.41) is 0. The summed E-state index contributed by atoms with van der Waals surface area (Å²) in [5.41, 5.74) is 7.47. The van der Waals surface area contributed by atoms with E-state index in [1.807, 2.05) is 43.5 Å². The number of carbonyl (C=O) groups excluding carboxylic acids is 1. The first-order valence-corrected chi connectivity index (χ1v) is 6.32. The van der Waals surface area contributed by atoms with Gasteiger partial charge in [-0.2, -0.15) is 0 Å². The van der Waals surface area contributed by atoms with Gasteiger partial charge in [0.25, 0.3) is 5.91 Å². The van der Waals surface area contributed by atoms with Crippen molar-refractivity contribution in [3.05, 3.63) is 47.1 Å². The number of fused-ring (bicyclic) bond motifs is 1. The average Bonchev–Trinajstić information content (AvgIpc) is 2.85. The highest BCUT2D eigenvalue weighted by Crippen LogP contribution is 2.27. The molecule has 1 amide bonds. The van der Waals surface area contributed by atoms with Gasteiger partial charge in [0.1, 0.15) is 11.4 Å². The van der Waals surface area contributed by atoms with Crippen molar-refractivity contribution in [2.75, 3.05) is 0 Å². The van der Waals surface area contributed by atoms with Gasteiger partial charge in [0.15, 0.2) is 4.96 Å². The van der Waals surface area contributed by atoms with Gasteiger partial charge in [-0.15, -0.1) is 11.3 Å². The molecular weight excluding hydrogens is 246 g/mol. The largest absolute Gasteiger partial charge is 0.364 e. The highest BCUT2D eigenvalue weighted by molar-refractivity contribution is 7.17. The summed E-state index contributed by atoms with van der Waals surface area (Å²) < 4.78 is 1.77. The van der Waals surface area contributed by atoms with Gasteiger partial charge in [0, 0.05) is 16.6 Å². The van der Waals surface area contributed by atoms with Gasteiger partial charge >= 0.3 is 0 Å². The molecule has 2 N–H and O–H groups in total. The second-order valence-electron chi connectivity index (χ2n) is 4.03. The lowest BCUT2D eigenvalue weighted by Gasteiger charge is -1.99. The molecule has 0 spiro atoms. The first-order chi connectivity index (χ1) is 8.66. The molecule has 1 aromatic carbocycles. The zero-order valence-corrected chi connectivity index (χ0v) is 10.6. The number of imidazole rings is 1. The van der Waals surface area contributed by atoms with Crippen molar-refractivity contribution < 1.29 is 4.79 Å². The van der Waals surface area contributed by atoms with Gasteiger partial charge in [0.05, 0.1) is 0 Å². The molecule has 0 atom stereocenters. The zero-order chi connectivity index (χ0) is 12.7. The highest BCUT2D eigenvalue weighted by Gasteiger charge is 2.19. The number of aryl methyl sites for hydroxylation is 1. The molecule has 0 saturated heterocycles. The minimum absolute atomic E-state index is 0.445. The molecule has 0 unspecified atom stereocenters. The fraction of sp³-hybridized carbons (Fsp3) is 0.0769. The normalized spacial score (nSPS) is 10.9. The van der Waals surface area contributed by atoms with E-state index in [-0.39, 0.29) is 0 Å². The fourth-order valence-corrected chi connectivity index (χ4v) is 2.81. The Morgan fingerprint density at radius 2 is 2.06 bits per heavy atom. The van der Waals surface area contributed by atoms with E-state index in [4.69, 9.17) is 5.73 Å². The molecule has 3 aromatic rings. The maximum atomic E-state index is 11.6. The number of hydrogen-bond donors (Lipinski definition) is 1. The van der Waals surface area contributed by atoms with Crippen LogP contribution < -0.4 is 5.73 Å². The summed E-state index contributed by atoms with van der Waals surface area (Å²) in [6.45, 7) is 1.98. The minimum Gasteiger partial charge on any atom is -0.364 e. The van der Waals surface area contributed by atoms with Crippen LogP contribution in [0.3, 0.4) is 0 Å². The Kier molecular flexibility index (Phi) is 2.41. The molecule has 0 saturated carbocycles. The standard InChI is InChI=1S/C13H11N3OS/c1-8-7-16-11(12(14)17)10(15-13(16)18-8)9-5-3-2-4-6-9/h2-7H,1H3,(H2,14,17). The lowest BCUT2D eigenvalue weighted by molar-refractivity contribution is 0.0995. The van der Waals surface area contributed by atoms with E-state index >= 15 is 0 Å². The van der Waals surface area contributed by atoms with Crippen LogP contribution in [-0.4, -0.2) is 15.3 Å². The van der Waals surface area contributed by atoms with Gasteiger partial charge in [0.2, 0.25) is 0 Å². The molecule has 90 valence electrons. The van der Waals surface area contributed by atoms with Crippen molar-refractivity contribution >= 4 is 22.2 Å². The van der Waals surface area contributed by atoms with Crippen molar-refractivity contribution in [3.63, 3.8) is 0 Å². The Labute approximate surface area is 108 Å². The summed E-state index contributed by atoms with van der Waals surface area (Å²) in [6.07, 6.45) is 1.89. The van der Waals surface area contributed by atoms with Gasteiger partial charge < -0.3 is 5.73 Å². The van der Waals surface area contributed by atoms with Crippen molar-refractivity contribution in [2.45, 2.75) is 6.92 Å². The van der Waals surface area contributed by atoms with E-state index in [1.165, 1.54) is 0 Å². The van der Waals surface area contributed by atoms with Crippen LogP contribution in [0, 0.1) is 6.92 Å². The second kappa shape index (κ2) is 3.96. The van der Waals surface area contributed by atoms with E-state index < -0.39 is 5.91 Å². The Morgan fingerprint density at radius 1 is 1.33 bits per heavy atom. The van der Waals surface area contributed by atoms with Crippen molar-refractivity contribution in [1.82, 2.24) is 9.38 Å². The first-order valence-electron chi connectivity index (χ1n) is 5.50. The molecular formula is C13H11N3OS. The van der Waals surface area contributed by atoms with E-state index in [2.05, 4.69) is 4.98 Å². The zero-order valence-electron chi connectivity index (χ0n) is 9.75. The van der Waals surface area contributed by atoms with Crippen LogP contribution in [0.25, 0.3) is 16.2 Å². The topological polar surface area (TPSA) is 60.4 Å². The number of nitrogens with two attached hydrogens (primary N) is 1. The van der Waals surface area contributed by atoms with Gasteiger partial charge in [-0.3, -0.25) is 9.20 Å². The number of carbonyl (C=O) groups is 1. The second-order valence-corrected chi connectivity index (χ2v) is 5.25. The summed E-state index contributed by atoms with van der Waals surface area (Å²) in [7, 11) is 0. The Bertz CT molecular complexity index is 727. The number of nitrogens with zero attached hydrogens (tertiary/aromatic N) is 2. The SMILES string of the molecule is Cc1cn2c(C(N)=O)c(-c3ccccc3)nc2s1. The molecule has 5 heteroatoms. The quantitative estimate of drug-likeness (QED) is 0.766. The van der Waals surface area contributed by atoms with Gasteiger partial charge in [-0.05, 0) is 6.92 Å². The number of benzene rings is 1. The molecule has 0 radical (unpaired) electrons. The third-order valence-corrected chi connectivity index (χ3v) is 3.62. The van der Waals surface area contributed by atoms with E-state index in [0.29, 0.717) is 11.4 Å². The molecule has 0 aliphatic heterocycles. The molecule has 0 aliphatic carbocycles. The summed E-state index contributed by atoms with van der Waals surface area (Å²) in [5.74, 6) is -0.459. The Morgan fingerprint density at radius 3 is 2.72 bits per heavy atom. The Hall–Kier alpha value is -2.14. The summed E-state index contributed by atoms with van der Waals surface area (Å²) in [4.78, 5) is 18.0. The summed E-state index contributed by atoms with van der Waals surface area (Å²) in [6, 6.07) is 9.60. The third-order valence-electron chi connectivity index (χ3n) is 2.72. The summed E-state index contributed by atoms with van der Waals surface area (Å²) >= 11 is 1.54. The molecule has 0 fully saturated rings. The maximum Gasteiger partial charge on any atom is 0.268 e. The molecule has 0 bridgehead atoms. The highest BCUT2D eigenvalue weighted by atomic mass is 32.1. The van der Waals surface area contributed by atoms with E-state index in [1.54, 1.807) is 15.7 Å². The molecule has 2 aromatic heterocycles. The van der Waals surface area contributed by atoms with Gasteiger partial charge in [-0.1, -0.05) is 30.3 Å². The lowest BCUT2D eigenvalue weighted by atomic mass is 10.1. The van der Waals surface area contributed by atoms with Crippen LogP contribution in [0.5, 0.6) is 0 Å². The first kappa shape index (κ1) is 11.0. The lowest BCUT2D eigenvalue weighted by Crippen LogP contribution is -2.14. The number of amides is 1. The fourth-order valence-electron chi connectivity index (χ4n) is 1.99. The number of aromatic nitrogens is 2. The van der Waals surface area contributed by atoms with Crippen LogP contribution in [0.15, 0.2) is 36.5 Å². The number of hydrogen-bond acceptors (Lipinski definition) is 3. The van der Waals surface area contributed by atoms with Crippen LogP contribution in [-0.2, 0) is 0 Å². The smallest absolute Gasteiger partial charge is 0.268 e. The number of thiazole rings is 1. The van der Waals surface area contributed by atoms with Crippen molar-refractivity contribution in [3.8, 4) is 11.3 Å². The maximum absolute atomic E-state index is 11.6. The van der Waals surface area contributed by atoms with E-state index in [0.717, 1.165) is 15.4 Å². The molecule has 4 nitrogen and oxygen atoms in total. The van der Waals surface area contributed by atoms with Crippen LogP contribution in [0.4, 0.5) is 0 Å². The predicted molar refractivity (Wildman–Crippen MR) is 71.8 cm³/mol. The number of primary amides is 1.